The molecule has 0 saturated heterocycles. The molecule has 0 fully saturated rings. The molecule has 19 heavy (non-hydrogen) atoms. The van der Waals surface area contributed by atoms with Gasteiger partial charge in [0.05, 0.1) is 17.0 Å². The molecular weight excluding hydrogens is 254 g/mol. The predicted octanol–water partition coefficient (Wildman–Crippen LogP) is 0.490. The average molecular weight is 263 g/mol. The van der Waals surface area contributed by atoms with Gasteiger partial charge in [-0.2, -0.15) is 0 Å². The lowest BCUT2D eigenvalue weighted by atomic mass is 10.2. The number of carbonyl (C=O) groups is 1. The zero-order valence-corrected chi connectivity index (χ0v) is 9.57. The van der Waals surface area contributed by atoms with E-state index < -0.39 is 10.8 Å². The Morgan fingerprint density at radius 1 is 1.58 bits per heavy atom. The van der Waals surface area contributed by atoms with E-state index >= 15 is 0 Å². The third-order valence-corrected chi connectivity index (χ3v) is 2.28. The number of hydrogen-bond donors (Lipinski definition) is 2. The van der Waals surface area contributed by atoms with Crippen molar-refractivity contribution in [2.45, 2.75) is 6.54 Å². The Morgan fingerprint density at radius 2 is 2.37 bits per heavy atom. The minimum atomic E-state index is -0.652. The third kappa shape index (κ3) is 2.83. The molecule has 0 unspecified atom stereocenters. The molecule has 0 bridgehead atoms. The Hall–Kier alpha value is -2.97. The van der Waals surface area contributed by atoms with Crippen molar-refractivity contribution in [3.05, 3.63) is 46.0 Å². The van der Waals surface area contributed by atoms with Crippen molar-refractivity contribution in [3.8, 4) is 0 Å². The van der Waals surface area contributed by atoms with E-state index in [-0.39, 0.29) is 23.6 Å². The van der Waals surface area contributed by atoms with Crippen LogP contribution < -0.4 is 11.1 Å². The number of nitro groups is 1. The number of nitrogens with one attached hydrogen (secondary N) is 1. The summed E-state index contributed by atoms with van der Waals surface area (Å²) in [6.45, 7) is 0.122. The average Bonchev–Trinajstić information content (AvgIpc) is 2.89. The predicted molar refractivity (Wildman–Crippen MR) is 63.0 cm³/mol. The Bertz CT molecular complexity index is 610. The Labute approximate surface area is 106 Å². The SMILES string of the molecule is Nc1ncc([N+](=O)[O-])cc1C(=O)NCc1ccon1. The van der Waals surface area contributed by atoms with Gasteiger partial charge in [-0.1, -0.05) is 5.16 Å². The van der Waals surface area contributed by atoms with E-state index in [1.807, 2.05) is 0 Å². The van der Waals surface area contributed by atoms with Gasteiger partial charge < -0.3 is 15.6 Å². The van der Waals surface area contributed by atoms with Gasteiger partial charge in [-0.3, -0.25) is 14.9 Å². The molecule has 2 rings (SSSR count). The van der Waals surface area contributed by atoms with E-state index in [1.165, 1.54) is 6.26 Å². The second-order valence-corrected chi connectivity index (χ2v) is 3.56. The molecule has 0 radical (unpaired) electrons. The number of nitrogens with zero attached hydrogens (tertiary/aromatic N) is 3. The van der Waals surface area contributed by atoms with Crippen LogP contribution >= 0.6 is 0 Å². The highest BCUT2D eigenvalue weighted by Crippen LogP contribution is 2.16. The Morgan fingerprint density at radius 3 is 3.00 bits per heavy atom. The van der Waals surface area contributed by atoms with Crippen LogP contribution in [0.25, 0.3) is 0 Å². The molecule has 0 spiro atoms. The number of amides is 1. The molecule has 2 aromatic rings. The maximum absolute atomic E-state index is 11.8. The lowest BCUT2D eigenvalue weighted by molar-refractivity contribution is -0.385. The third-order valence-electron chi connectivity index (χ3n) is 2.28. The first kappa shape index (κ1) is 12.5. The van der Waals surface area contributed by atoms with Crippen molar-refractivity contribution >= 4 is 17.4 Å². The second-order valence-electron chi connectivity index (χ2n) is 3.56. The standard InChI is InChI=1S/C10H9N5O4/c11-9-8(3-7(5-12-9)15(17)18)10(16)13-4-6-1-2-19-14-6/h1-3,5H,4H2,(H2,11,12)(H,13,16). The molecule has 2 aromatic heterocycles. The van der Waals surface area contributed by atoms with Gasteiger partial charge in [0.15, 0.2) is 0 Å². The summed E-state index contributed by atoms with van der Waals surface area (Å²) < 4.78 is 4.60. The van der Waals surface area contributed by atoms with E-state index in [9.17, 15) is 14.9 Å². The van der Waals surface area contributed by atoms with E-state index in [4.69, 9.17) is 5.73 Å². The lowest BCUT2D eigenvalue weighted by Gasteiger charge is -2.05. The van der Waals surface area contributed by atoms with Crippen LogP contribution in [0, 0.1) is 10.1 Å². The van der Waals surface area contributed by atoms with Gasteiger partial charge in [-0.25, -0.2) is 4.98 Å². The lowest BCUT2D eigenvalue weighted by Crippen LogP contribution is -2.24. The highest BCUT2D eigenvalue weighted by Gasteiger charge is 2.16. The van der Waals surface area contributed by atoms with Crippen LogP contribution in [-0.4, -0.2) is 21.0 Å². The highest BCUT2D eigenvalue weighted by molar-refractivity contribution is 5.98. The van der Waals surface area contributed by atoms with Crippen molar-refractivity contribution in [2.75, 3.05) is 5.73 Å². The molecule has 1 amide bonds. The van der Waals surface area contributed by atoms with Crippen LogP contribution in [0.1, 0.15) is 16.1 Å². The van der Waals surface area contributed by atoms with Crippen molar-refractivity contribution < 1.29 is 14.2 Å². The van der Waals surface area contributed by atoms with Gasteiger partial charge in [-0.05, 0) is 0 Å². The van der Waals surface area contributed by atoms with Crippen LogP contribution in [0.2, 0.25) is 0 Å². The number of pyridine rings is 1. The zero-order valence-electron chi connectivity index (χ0n) is 9.57. The van der Waals surface area contributed by atoms with Crippen LogP contribution in [-0.2, 0) is 6.54 Å². The number of anilines is 1. The summed E-state index contributed by atoms with van der Waals surface area (Å²) in [7, 11) is 0. The molecule has 98 valence electrons. The van der Waals surface area contributed by atoms with Gasteiger partial charge in [0.25, 0.3) is 11.6 Å². The number of nitrogen functional groups attached to an aromatic ring is 1. The molecular formula is C10H9N5O4. The Balaban J connectivity index is 2.14. The zero-order chi connectivity index (χ0) is 13.8. The highest BCUT2D eigenvalue weighted by atomic mass is 16.6. The summed E-state index contributed by atoms with van der Waals surface area (Å²) in [5, 5.41) is 16.7. The fourth-order valence-corrected chi connectivity index (χ4v) is 1.34. The number of rotatable bonds is 4. The molecule has 0 aliphatic carbocycles. The van der Waals surface area contributed by atoms with Gasteiger partial charge in [0.1, 0.15) is 24.0 Å². The minimum Gasteiger partial charge on any atom is -0.383 e. The molecule has 3 N–H and O–H groups in total. The van der Waals surface area contributed by atoms with Gasteiger partial charge in [0.2, 0.25) is 0 Å². The monoisotopic (exact) mass is 263 g/mol. The minimum absolute atomic E-state index is 0.0577. The van der Waals surface area contributed by atoms with E-state index in [2.05, 4.69) is 20.0 Å². The summed E-state index contributed by atoms with van der Waals surface area (Å²) in [4.78, 5) is 25.4. The van der Waals surface area contributed by atoms with Crippen LogP contribution in [0.5, 0.6) is 0 Å². The summed E-state index contributed by atoms with van der Waals surface area (Å²) in [6, 6.07) is 2.65. The fourth-order valence-electron chi connectivity index (χ4n) is 1.34. The first-order valence-corrected chi connectivity index (χ1v) is 5.15. The number of carbonyl (C=O) groups excluding carboxylic acids is 1. The molecule has 0 aliphatic rings. The van der Waals surface area contributed by atoms with Crippen molar-refractivity contribution in [3.63, 3.8) is 0 Å². The van der Waals surface area contributed by atoms with Crippen LogP contribution in [0.3, 0.4) is 0 Å². The largest absolute Gasteiger partial charge is 0.383 e. The molecule has 0 saturated carbocycles. The van der Waals surface area contributed by atoms with Gasteiger partial charge in [-0.15, -0.1) is 0 Å². The summed E-state index contributed by atoms with van der Waals surface area (Å²) >= 11 is 0. The summed E-state index contributed by atoms with van der Waals surface area (Å²) in [6.07, 6.45) is 2.36. The maximum atomic E-state index is 11.8. The molecule has 2 heterocycles. The second kappa shape index (κ2) is 5.12. The molecule has 0 aliphatic heterocycles. The normalized spacial score (nSPS) is 10.1. The maximum Gasteiger partial charge on any atom is 0.288 e. The van der Waals surface area contributed by atoms with Gasteiger partial charge in [0, 0.05) is 12.1 Å². The number of aromatic nitrogens is 2. The summed E-state index contributed by atoms with van der Waals surface area (Å²) in [5.74, 6) is -0.653. The van der Waals surface area contributed by atoms with E-state index in [0.29, 0.717) is 5.69 Å². The number of nitrogens with two attached hydrogens (primary N) is 1. The first-order valence-electron chi connectivity index (χ1n) is 5.15. The molecule has 0 aromatic carbocycles. The number of hydrogen-bond acceptors (Lipinski definition) is 7. The smallest absolute Gasteiger partial charge is 0.288 e. The molecule has 0 atom stereocenters. The fraction of sp³-hybridized carbons (Fsp3) is 0.100. The molecule has 9 heteroatoms. The van der Waals surface area contributed by atoms with Crippen molar-refractivity contribution in [1.82, 2.24) is 15.5 Å². The van der Waals surface area contributed by atoms with Crippen molar-refractivity contribution in [1.29, 1.82) is 0 Å². The Kier molecular flexibility index (Phi) is 3.37. The van der Waals surface area contributed by atoms with E-state index in [1.54, 1.807) is 6.07 Å². The van der Waals surface area contributed by atoms with Crippen molar-refractivity contribution in [2.24, 2.45) is 0 Å². The quantitative estimate of drug-likeness (QED) is 0.604. The van der Waals surface area contributed by atoms with E-state index in [0.717, 1.165) is 12.3 Å². The van der Waals surface area contributed by atoms with Crippen LogP contribution in [0.4, 0.5) is 11.5 Å². The first-order chi connectivity index (χ1) is 9.08. The summed E-state index contributed by atoms with van der Waals surface area (Å²) in [5.41, 5.74) is 5.67. The van der Waals surface area contributed by atoms with Crippen LogP contribution in [0.15, 0.2) is 29.1 Å². The van der Waals surface area contributed by atoms with Gasteiger partial charge >= 0.3 is 0 Å². The topological polar surface area (TPSA) is 137 Å². The molecule has 9 nitrogen and oxygen atoms in total.